The Morgan fingerprint density at radius 1 is 1.41 bits per heavy atom. The molecule has 0 aromatic carbocycles. The number of pyridine rings is 1. The molecule has 2 heterocycles. The Labute approximate surface area is 143 Å². The number of nitrogens with one attached hydrogen (secondary N) is 1. The lowest BCUT2D eigenvalue weighted by atomic mass is 10.2. The fourth-order valence-electron chi connectivity index (χ4n) is 2.34. The molecule has 120 valence electrons. The van der Waals surface area contributed by atoms with Crippen LogP contribution in [0.25, 0.3) is 5.65 Å². The highest BCUT2D eigenvalue weighted by Crippen LogP contribution is 2.41. The molecular weight excluding hydrogens is 362 g/mol. The predicted octanol–water partition coefficient (Wildman–Crippen LogP) is 4.09. The van der Waals surface area contributed by atoms with Crippen LogP contribution in [0.2, 0.25) is 0 Å². The smallest absolute Gasteiger partial charge is 0.151 e. The fourth-order valence-corrected chi connectivity index (χ4v) is 3.70. The Balaban J connectivity index is 1.86. The average molecular weight is 384 g/mol. The number of nitrogens with zero attached hydrogens (tertiary/aromatic N) is 2. The van der Waals surface area contributed by atoms with E-state index in [4.69, 9.17) is 0 Å². The van der Waals surface area contributed by atoms with E-state index < -0.39 is 11.4 Å². The van der Waals surface area contributed by atoms with Crippen LogP contribution in [0.5, 0.6) is 0 Å². The first kappa shape index (κ1) is 16.3. The molecule has 1 N–H and O–H groups in total. The first-order valence-corrected chi connectivity index (χ1v) is 9.56. The van der Waals surface area contributed by atoms with E-state index in [-0.39, 0.29) is 10.8 Å². The summed E-state index contributed by atoms with van der Waals surface area (Å²) in [6.07, 6.45) is 6.76. The lowest BCUT2D eigenvalue weighted by Gasteiger charge is -2.25. The van der Waals surface area contributed by atoms with Crippen molar-refractivity contribution in [3.05, 3.63) is 34.2 Å². The second-order valence-electron chi connectivity index (χ2n) is 7.01. The maximum absolute atomic E-state index is 12.2. The summed E-state index contributed by atoms with van der Waals surface area (Å²) < 4.78 is 18.2. The van der Waals surface area contributed by atoms with E-state index in [9.17, 15) is 4.55 Å². The molecule has 0 amide bonds. The lowest BCUT2D eigenvalue weighted by molar-refractivity contribution is 0.529. The van der Waals surface area contributed by atoms with Gasteiger partial charge in [-0.3, -0.25) is 0 Å². The summed E-state index contributed by atoms with van der Waals surface area (Å²) in [5.41, 5.74) is 3.18. The van der Waals surface area contributed by atoms with Crippen LogP contribution in [0.4, 0.5) is 0 Å². The highest BCUT2D eigenvalue weighted by molar-refractivity contribution is 9.10. The molecule has 1 aliphatic rings. The molecule has 1 fully saturated rings. The minimum Gasteiger partial charge on any atom is -0.598 e. The van der Waals surface area contributed by atoms with Crippen LogP contribution in [0, 0.1) is 0 Å². The largest absolute Gasteiger partial charge is 0.598 e. The third-order valence-electron chi connectivity index (χ3n) is 3.88. The van der Waals surface area contributed by atoms with Crippen molar-refractivity contribution in [3.63, 3.8) is 0 Å². The second kappa shape index (κ2) is 5.82. The summed E-state index contributed by atoms with van der Waals surface area (Å²) in [5, 5.41) is 0. The highest BCUT2D eigenvalue weighted by atomic mass is 79.9. The van der Waals surface area contributed by atoms with Gasteiger partial charge in [0, 0.05) is 23.8 Å². The highest BCUT2D eigenvalue weighted by Gasteiger charge is 2.29. The maximum Gasteiger partial charge on any atom is 0.151 e. The van der Waals surface area contributed by atoms with Gasteiger partial charge in [0.2, 0.25) is 0 Å². The number of fused-ring (bicyclic) bond motifs is 1. The molecule has 2 aromatic rings. The Bertz CT molecular complexity index is 690. The van der Waals surface area contributed by atoms with E-state index in [0.29, 0.717) is 5.92 Å². The fraction of sp³-hybridized carbons (Fsp3) is 0.562. The van der Waals surface area contributed by atoms with E-state index in [2.05, 4.69) is 42.3 Å². The van der Waals surface area contributed by atoms with Gasteiger partial charge < -0.3 is 8.95 Å². The normalized spacial score (nSPS) is 18.6. The first-order chi connectivity index (χ1) is 10.3. The van der Waals surface area contributed by atoms with Gasteiger partial charge in [-0.05, 0) is 74.0 Å². The van der Waals surface area contributed by atoms with Crippen LogP contribution in [0.1, 0.15) is 63.8 Å². The second-order valence-corrected chi connectivity index (χ2v) is 9.87. The van der Waals surface area contributed by atoms with Crippen molar-refractivity contribution in [2.24, 2.45) is 0 Å². The van der Waals surface area contributed by atoms with E-state index in [1.165, 1.54) is 18.4 Å². The number of rotatable bonds is 4. The molecule has 4 nitrogen and oxygen atoms in total. The number of hydrogen-bond acceptors (Lipinski definition) is 3. The summed E-state index contributed by atoms with van der Waals surface area (Å²) in [7, 11) is 0. The van der Waals surface area contributed by atoms with E-state index in [1.807, 2.05) is 33.9 Å². The van der Waals surface area contributed by atoms with Crippen molar-refractivity contribution in [2.45, 2.75) is 57.2 Å². The van der Waals surface area contributed by atoms with Crippen molar-refractivity contribution in [1.82, 2.24) is 14.1 Å². The van der Waals surface area contributed by atoms with Crippen LogP contribution < -0.4 is 4.72 Å². The van der Waals surface area contributed by atoms with E-state index in [0.717, 1.165) is 15.8 Å². The molecule has 0 aliphatic heterocycles. The zero-order valence-corrected chi connectivity index (χ0v) is 15.8. The molecule has 0 bridgehead atoms. The average Bonchev–Trinajstić information content (AvgIpc) is 3.17. The number of halogens is 1. The Hall–Kier alpha value is -0.560. The van der Waals surface area contributed by atoms with E-state index in [1.54, 1.807) is 0 Å². The first-order valence-electron chi connectivity index (χ1n) is 7.62. The Morgan fingerprint density at radius 3 is 2.68 bits per heavy atom. The zero-order chi connectivity index (χ0) is 16.1. The quantitative estimate of drug-likeness (QED) is 0.808. The van der Waals surface area contributed by atoms with Gasteiger partial charge in [-0.15, -0.1) is 4.72 Å². The lowest BCUT2D eigenvalue weighted by Crippen LogP contribution is -2.40. The Kier molecular flexibility index (Phi) is 4.31. The van der Waals surface area contributed by atoms with Crippen molar-refractivity contribution < 1.29 is 4.55 Å². The molecular formula is C16H22BrN3OS. The van der Waals surface area contributed by atoms with Crippen LogP contribution in [0.15, 0.2) is 22.9 Å². The predicted molar refractivity (Wildman–Crippen MR) is 94.3 cm³/mol. The molecule has 22 heavy (non-hydrogen) atoms. The topological polar surface area (TPSA) is 52.4 Å². The van der Waals surface area contributed by atoms with Crippen LogP contribution in [0.3, 0.4) is 0 Å². The molecule has 1 aliphatic carbocycles. The molecule has 0 unspecified atom stereocenters. The molecule has 1 saturated carbocycles. The van der Waals surface area contributed by atoms with Crippen molar-refractivity contribution in [1.29, 1.82) is 0 Å². The summed E-state index contributed by atoms with van der Waals surface area (Å²) in [4.78, 5) is 4.69. The molecule has 6 heteroatoms. The summed E-state index contributed by atoms with van der Waals surface area (Å²) in [5.74, 6) is 0.704. The molecule has 2 atom stereocenters. The monoisotopic (exact) mass is 383 g/mol. The van der Waals surface area contributed by atoms with Crippen molar-refractivity contribution >= 4 is 32.9 Å². The molecule has 3 rings (SSSR count). The van der Waals surface area contributed by atoms with Gasteiger partial charge in [-0.2, -0.15) is 0 Å². The number of aromatic nitrogens is 2. The van der Waals surface area contributed by atoms with Gasteiger partial charge in [0.15, 0.2) is 5.65 Å². The minimum atomic E-state index is -1.11. The minimum absolute atomic E-state index is 0.0590. The van der Waals surface area contributed by atoms with E-state index >= 15 is 0 Å². The van der Waals surface area contributed by atoms with Crippen molar-refractivity contribution in [2.75, 3.05) is 0 Å². The summed E-state index contributed by atoms with van der Waals surface area (Å²) in [6.45, 7) is 7.89. The summed E-state index contributed by atoms with van der Waals surface area (Å²) in [6, 6.07) is 2.12. The van der Waals surface area contributed by atoms with Crippen molar-refractivity contribution in [3.8, 4) is 0 Å². The maximum atomic E-state index is 12.2. The molecule has 2 aromatic heterocycles. The van der Waals surface area contributed by atoms with Gasteiger partial charge >= 0.3 is 0 Å². The third kappa shape index (κ3) is 3.35. The molecule has 0 saturated heterocycles. The van der Waals surface area contributed by atoms with Crippen LogP contribution >= 0.6 is 15.9 Å². The number of imidazole rings is 1. The van der Waals surface area contributed by atoms with Gasteiger partial charge in [-0.1, -0.05) is 0 Å². The van der Waals surface area contributed by atoms with Crippen LogP contribution in [-0.4, -0.2) is 18.7 Å². The van der Waals surface area contributed by atoms with Gasteiger partial charge in [0.25, 0.3) is 0 Å². The molecule has 0 radical (unpaired) electrons. The molecule has 0 spiro atoms. The third-order valence-corrected chi connectivity index (χ3v) is 6.14. The standard InChI is InChI=1S/C16H22BrN3OS/c1-10(19-22(21)16(2,3)4)14-9-20-8-12(11-5-6-11)7-13(17)15(20)18-14/h7-11,19H,5-6H2,1-4H3/t10-,22-/m1/s1. The SMILES string of the molecule is C[C@@H](N[S@+]([O-])C(C)(C)C)c1cn2cc(C3CC3)cc(Br)c2n1. The summed E-state index contributed by atoms with van der Waals surface area (Å²) >= 11 is 2.52. The van der Waals surface area contributed by atoms with Gasteiger partial charge in [0.1, 0.15) is 4.75 Å². The van der Waals surface area contributed by atoms with Gasteiger partial charge in [0.05, 0.1) is 16.2 Å². The van der Waals surface area contributed by atoms with Gasteiger partial charge in [-0.25, -0.2) is 4.98 Å². The Morgan fingerprint density at radius 2 is 2.09 bits per heavy atom. The van der Waals surface area contributed by atoms with Crippen LogP contribution in [-0.2, 0) is 11.4 Å². The number of hydrogen-bond donors (Lipinski definition) is 1. The zero-order valence-electron chi connectivity index (χ0n) is 13.4.